The molecule has 0 bridgehead atoms. The summed E-state index contributed by atoms with van der Waals surface area (Å²) in [7, 11) is 0. The number of pyridine rings is 1. The van der Waals surface area contributed by atoms with Crippen LogP contribution in [0, 0.1) is 12.7 Å². The normalized spacial score (nSPS) is 10.9. The molecular formula is C13H15FN2. The van der Waals surface area contributed by atoms with Crippen molar-refractivity contribution in [3.8, 4) is 0 Å². The summed E-state index contributed by atoms with van der Waals surface area (Å²) < 4.78 is 13.6. The molecule has 0 aliphatic carbocycles. The lowest BCUT2D eigenvalue weighted by Crippen LogP contribution is -1.98. The predicted octanol–water partition coefficient (Wildman–Crippen LogP) is 3.22. The number of hydrogen-bond acceptors (Lipinski definition) is 2. The summed E-state index contributed by atoms with van der Waals surface area (Å²) in [6.45, 7) is 4.00. The van der Waals surface area contributed by atoms with Gasteiger partial charge in [-0.05, 0) is 31.0 Å². The molecule has 0 fully saturated rings. The molecule has 2 nitrogen and oxygen atoms in total. The monoisotopic (exact) mass is 218 g/mol. The molecule has 0 saturated heterocycles. The second-order valence-corrected chi connectivity index (χ2v) is 4.04. The number of benzene rings is 1. The molecule has 2 aromatic rings. The van der Waals surface area contributed by atoms with E-state index in [0.29, 0.717) is 16.6 Å². The number of anilines is 1. The van der Waals surface area contributed by atoms with Crippen molar-refractivity contribution in [1.29, 1.82) is 0 Å². The van der Waals surface area contributed by atoms with E-state index in [9.17, 15) is 4.39 Å². The van der Waals surface area contributed by atoms with Gasteiger partial charge in [-0.3, -0.25) is 4.98 Å². The molecule has 0 aliphatic rings. The van der Waals surface area contributed by atoms with E-state index in [1.54, 1.807) is 12.1 Å². The Morgan fingerprint density at radius 1 is 1.38 bits per heavy atom. The lowest BCUT2D eigenvalue weighted by molar-refractivity contribution is 0.639. The topological polar surface area (TPSA) is 38.9 Å². The second-order valence-electron chi connectivity index (χ2n) is 4.04. The van der Waals surface area contributed by atoms with Crippen LogP contribution < -0.4 is 5.73 Å². The SMILES string of the molecule is CCCc1cc(N)c2c(F)ccc(C)c2n1. The van der Waals surface area contributed by atoms with E-state index >= 15 is 0 Å². The molecule has 84 valence electrons. The average molecular weight is 218 g/mol. The third kappa shape index (κ3) is 1.73. The van der Waals surface area contributed by atoms with E-state index in [1.807, 2.05) is 6.92 Å². The number of aromatic nitrogens is 1. The highest BCUT2D eigenvalue weighted by Crippen LogP contribution is 2.26. The maximum atomic E-state index is 13.6. The van der Waals surface area contributed by atoms with Gasteiger partial charge in [0, 0.05) is 11.4 Å². The number of halogens is 1. The van der Waals surface area contributed by atoms with Crippen LogP contribution in [0.25, 0.3) is 10.9 Å². The lowest BCUT2D eigenvalue weighted by atomic mass is 10.1. The van der Waals surface area contributed by atoms with Gasteiger partial charge in [-0.25, -0.2) is 4.39 Å². The molecule has 0 radical (unpaired) electrons. The number of hydrogen-bond donors (Lipinski definition) is 1. The van der Waals surface area contributed by atoms with Crippen LogP contribution in [0.15, 0.2) is 18.2 Å². The molecule has 1 heterocycles. The number of fused-ring (bicyclic) bond motifs is 1. The van der Waals surface area contributed by atoms with Crippen LogP contribution in [0.5, 0.6) is 0 Å². The molecule has 0 aliphatic heterocycles. The van der Waals surface area contributed by atoms with Crippen molar-refractivity contribution in [3.05, 3.63) is 35.3 Å². The number of nitrogen functional groups attached to an aromatic ring is 1. The average Bonchev–Trinajstić information content (AvgIpc) is 2.23. The van der Waals surface area contributed by atoms with Gasteiger partial charge in [-0.2, -0.15) is 0 Å². The highest BCUT2D eigenvalue weighted by Gasteiger charge is 2.09. The summed E-state index contributed by atoms with van der Waals surface area (Å²) in [6, 6.07) is 4.95. The Labute approximate surface area is 94.3 Å². The van der Waals surface area contributed by atoms with E-state index < -0.39 is 0 Å². The zero-order chi connectivity index (χ0) is 11.7. The Morgan fingerprint density at radius 3 is 2.81 bits per heavy atom. The van der Waals surface area contributed by atoms with Gasteiger partial charge in [0.25, 0.3) is 0 Å². The molecule has 1 aromatic carbocycles. The second kappa shape index (κ2) is 4.08. The van der Waals surface area contributed by atoms with Crippen molar-refractivity contribution in [2.75, 3.05) is 5.73 Å². The van der Waals surface area contributed by atoms with Gasteiger partial charge in [0.15, 0.2) is 0 Å². The molecule has 2 N–H and O–H groups in total. The van der Waals surface area contributed by atoms with Crippen LogP contribution >= 0.6 is 0 Å². The van der Waals surface area contributed by atoms with E-state index in [0.717, 1.165) is 24.1 Å². The van der Waals surface area contributed by atoms with Gasteiger partial charge in [-0.1, -0.05) is 19.4 Å². The summed E-state index contributed by atoms with van der Waals surface area (Å²) in [6.07, 6.45) is 1.88. The van der Waals surface area contributed by atoms with Gasteiger partial charge in [0.2, 0.25) is 0 Å². The van der Waals surface area contributed by atoms with Crippen molar-refractivity contribution in [2.45, 2.75) is 26.7 Å². The van der Waals surface area contributed by atoms with Crippen LogP contribution in [-0.4, -0.2) is 4.98 Å². The quantitative estimate of drug-likeness (QED) is 0.840. The summed E-state index contributed by atoms with van der Waals surface area (Å²) in [4.78, 5) is 4.47. The van der Waals surface area contributed by atoms with Crippen molar-refractivity contribution in [1.82, 2.24) is 4.98 Å². The fraction of sp³-hybridized carbons (Fsp3) is 0.308. The zero-order valence-corrected chi connectivity index (χ0v) is 9.55. The Hall–Kier alpha value is -1.64. The fourth-order valence-corrected chi connectivity index (χ4v) is 1.90. The van der Waals surface area contributed by atoms with E-state index in [-0.39, 0.29) is 5.82 Å². The number of rotatable bonds is 2. The fourth-order valence-electron chi connectivity index (χ4n) is 1.90. The van der Waals surface area contributed by atoms with Gasteiger partial charge < -0.3 is 5.73 Å². The minimum Gasteiger partial charge on any atom is -0.398 e. The molecule has 0 atom stereocenters. The molecule has 0 spiro atoms. The molecule has 0 saturated carbocycles. The zero-order valence-electron chi connectivity index (χ0n) is 9.55. The summed E-state index contributed by atoms with van der Waals surface area (Å²) in [5.41, 5.74) is 8.93. The van der Waals surface area contributed by atoms with Crippen molar-refractivity contribution in [3.63, 3.8) is 0 Å². The lowest BCUT2D eigenvalue weighted by Gasteiger charge is -2.08. The smallest absolute Gasteiger partial charge is 0.134 e. The third-order valence-electron chi connectivity index (χ3n) is 2.70. The Morgan fingerprint density at radius 2 is 2.12 bits per heavy atom. The van der Waals surface area contributed by atoms with Gasteiger partial charge >= 0.3 is 0 Å². The van der Waals surface area contributed by atoms with Crippen molar-refractivity contribution < 1.29 is 4.39 Å². The molecule has 16 heavy (non-hydrogen) atoms. The minimum atomic E-state index is -0.298. The van der Waals surface area contributed by atoms with Crippen LogP contribution in [0.2, 0.25) is 0 Å². The molecular weight excluding hydrogens is 203 g/mol. The maximum Gasteiger partial charge on any atom is 0.134 e. The van der Waals surface area contributed by atoms with Crippen LogP contribution in [-0.2, 0) is 6.42 Å². The summed E-state index contributed by atoms with van der Waals surface area (Å²) in [5.74, 6) is -0.298. The Bertz CT molecular complexity index is 535. The first-order valence-corrected chi connectivity index (χ1v) is 5.47. The Kier molecular flexibility index (Phi) is 2.77. The first kappa shape index (κ1) is 10.9. The van der Waals surface area contributed by atoms with Crippen molar-refractivity contribution >= 4 is 16.6 Å². The minimum absolute atomic E-state index is 0.298. The number of nitrogens with zero attached hydrogens (tertiary/aromatic N) is 1. The predicted molar refractivity (Wildman–Crippen MR) is 64.8 cm³/mol. The van der Waals surface area contributed by atoms with Gasteiger partial charge in [0.05, 0.1) is 10.9 Å². The largest absolute Gasteiger partial charge is 0.398 e. The number of aryl methyl sites for hydroxylation is 2. The van der Waals surface area contributed by atoms with Crippen LogP contribution in [0.1, 0.15) is 24.6 Å². The third-order valence-corrected chi connectivity index (χ3v) is 2.70. The van der Waals surface area contributed by atoms with Gasteiger partial charge in [0.1, 0.15) is 5.82 Å². The maximum absolute atomic E-state index is 13.6. The first-order valence-electron chi connectivity index (χ1n) is 5.47. The van der Waals surface area contributed by atoms with E-state index in [2.05, 4.69) is 11.9 Å². The highest BCUT2D eigenvalue weighted by molar-refractivity contribution is 5.92. The van der Waals surface area contributed by atoms with Gasteiger partial charge in [-0.15, -0.1) is 0 Å². The van der Waals surface area contributed by atoms with E-state index in [1.165, 1.54) is 6.07 Å². The molecule has 0 unspecified atom stereocenters. The van der Waals surface area contributed by atoms with Crippen molar-refractivity contribution in [2.24, 2.45) is 0 Å². The van der Waals surface area contributed by atoms with Crippen LogP contribution in [0.4, 0.5) is 10.1 Å². The molecule has 2 rings (SSSR count). The first-order chi connectivity index (χ1) is 7.63. The van der Waals surface area contributed by atoms with E-state index in [4.69, 9.17) is 5.73 Å². The highest BCUT2D eigenvalue weighted by atomic mass is 19.1. The summed E-state index contributed by atoms with van der Waals surface area (Å²) >= 11 is 0. The molecule has 0 amide bonds. The molecule has 1 aromatic heterocycles. The van der Waals surface area contributed by atoms with Crippen LogP contribution in [0.3, 0.4) is 0 Å². The molecule has 3 heteroatoms. The standard InChI is InChI=1S/C13H15FN2/c1-3-4-9-7-11(15)12-10(14)6-5-8(2)13(12)16-9/h5-7H,3-4H2,1-2H3,(H2,15,16). The Balaban J connectivity index is 2.76. The number of nitrogens with two attached hydrogens (primary N) is 1. The summed E-state index contributed by atoms with van der Waals surface area (Å²) in [5, 5.41) is 0.444.